The lowest BCUT2D eigenvalue weighted by Gasteiger charge is -2.05. The zero-order chi connectivity index (χ0) is 12.4. The summed E-state index contributed by atoms with van der Waals surface area (Å²) in [6, 6.07) is 1.26. The molecule has 0 aromatic carbocycles. The van der Waals surface area contributed by atoms with E-state index < -0.39 is 0 Å². The fraction of sp³-hybridized carbons (Fsp3) is 0.222. The maximum Gasteiger partial charge on any atom is 0.232 e. The Balaban J connectivity index is 2.51. The molecule has 0 saturated heterocycles. The number of Topliss-reactive ketones (excluding diaryl/α,β-unsaturated/α-hetero) is 1. The molecule has 0 radical (unpaired) electrons. The van der Waals surface area contributed by atoms with Gasteiger partial charge in [-0.1, -0.05) is 9.59 Å². The van der Waals surface area contributed by atoms with Crippen LogP contribution in [0, 0.1) is 6.92 Å². The number of nitrogens with one attached hydrogen (secondary N) is 1. The molecular formula is C9H8N4O3S. The first-order valence-electron chi connectivity index (χ1n) is 4.65. The number of aromatic nitrogens is 3. The molecule has 0 amide bonds. The fourth-order valence-corrected chi connectivity index (χ4v) is 1.67. The zero-order valence-electron chi connectivity index (χ0n) is 9.05. The van der Waals surface area contributed by atoms with Crippen LogP contribution in [-0.4, -0.2) is 20.6 Å². The molecule has 0 spiro atoms. The Labute approximate surface area is 99.6 Å². The van der Waals surface area contributed by atoms with Crippen molar-refractivity contribution in [1.29, 1.82) is 0 Å². The SMILES string of the molecule is CC(=O)c1c(Nc2nnns2)oc(C)cc1=O. The molecule has 0 atom stereocenters. The van der Waals surface area contributed by atoms with Crippen molar-refractivity contribution in [2.24, 2.45) is 0 Å². The molecule has 0 aliphatic carbocycles. The summed E-state index contributed by atoms with van der Waals surface area (Å²) in [5, 5.41) is 10.1. The first-order valence-corrected chi connectivity index (χ1v) is 5.43. The molecule has 0 unspecified atom stereocenters. The highest BCUT2D eigenvalue weighted by molar-refractivity contribution is 7.09. The molecular weight excluding hydrogens is 244 g/mol. The Bertz CT molecular complexity index is 605. The summed E-state index contributed by atoms with van der Waals surface area (Å²) in [5.41, 5.74) is -0.424. The van der Waals surface area contributed by atoms with Crippen molar-refractivity contribution in [3.8, 4) is 0 Å². The minimum absolute atomic E-state index is 0.0363. The van der Waals surface area contributed by atoms with E-state index in [4.69, 9.17) is 4.42 Å². The molecule has 2 aromatic heterocycles. The van der Waals surface area contributed by atoms with Gasteiger partial charge in [0.15, 0.2) is 11.2 Å². The predicted molar refractivity (Wildman–Crippen MR) is 60.7 cm³/mol. The second-order valence-corrected chi connectivity index (χ2v) is 4.01. The maximum atomic E-state index is 11.7. The van der Waals surface area contributed by atoms with Crippen LogP contribution < -0.4 is 10.7 Å². The van der Waals surface area contributed by atoms with E-state index in [1.165, 1.54) is 13.0 Å². The van der Waals surface area contributed by atoms with Crippen LogP contribution >= 0.6 is 11.5 Å². The second kappa shape index (κ2) is 4.42. The number of carbonyl (C=O) groups is 1. The van der Waals surface area contributed by atoms with Crippen LogP contribution in [0.3, 0.4) is 0 Å². The lowest BCUT2D eigenvalue weighted by Crippen LogP contribution is -2.15. The third kappa shape index (κ3) is 2.36. The van der Waals surface area contributed by atoms with E-state index in [0.29, 0.717) is 10.9 Å². The Morgan fingerprint density at radius 3 is 2.88 bits per heavy atom. The van der Waals surface area contributed by atoms with Crippen molar-refractivity contribution in [2.75, 3.05) is 5.32 Å². The Hall–Kier alpha value is -2.09. The van der Waals surface area contributed by atoms with Gasteiger partial charge in [0.05, 0.1) is 0 Å². The number of carbonyl (C=O) groups excluding carboxylic acids is 1. The van der Waals surface area contributed by atoms with Crippen LogP contribution in [-0.2, 0) is 0 Å². The number of rotatable bonds is 3. The van der Waals surface area contributed by atoms with Crippen LogP contribution in [0.2, 0.25) is 0 Å². The highest BCUT2D eigenvalue weighted by atomic mass is 32.1. The van der Waals surface area contributed by atoms with Crippen LogP contribution in [0.15, 0.2) is 15.3 Å². The fourth-order valence-electron chi connectivity index (χ4n) is 1.31. The van der Waals surface area contributed by atoms with Gasteiger partial charge in [-0.2, -0.15) is 0 Å². The van der Waals surface area contributed by atoms with Crippen molar-refractivity contribution in [2.45, 2.75) is 13.8 Å². The topological polar surface area (TPSA) is 98.0 Å². The molecule has 7 nitrogen and oxygen atoms in total. The minimum atomic E-state index is -0.388. The van der Waals surface area contributed by atoms with Crippen molar-refractivity contribution in [3.63, 3.8) is 0 Å². The van der Waals surface area contributed by atoms with Crippen molar-refractivity contribution in [1.82, 2.24) is 14.8 Å². The summed E-state index contributed by atoms with van der Waals surface area (Å²) >= 11 is 0.993. The molecule has 2 rings (SSSR count). The van der Waals surface area contributed by atoms with Gasteiger partial charge in [-0.05, 0) is 19.1 Å². The summed E-state index contributed by atoms with van der Waals surface area (Å²) < 4.78 is 8.85. The van der Waals surface area contributed by atoms with Crippen LogP contribution in [0.5, 0.6) is 0 Å². The van der Waals surface area contributed by atoms with E-state index in [0.717, 1.165) is 11.5 Å². The Morgan fingerprint density at radius 2 is 2.29 bits per heavy atom. The highest BCUT2D eigenvalue weighted by Gasteiger charge is 2.16. The predicted octanol–water partition coefficient (Wildman–Crippen LogP) is 1.14. The molecule has 2 aromatic rings. The van der Waals surface area contributed by atoms with Crippen LogP contribution in [0.4, 0.5) is 11.0 Å². The maximum absolute atomic E-state index is 11.7. The lowest BCUT2D eigenvalue weighted by atomic mass is 10.2. The van der Waals surface area contributed by atoms with Gasteiger partial charge >= 0.3 is 0 Å². The smallest absolute Gasteiger partial charge is 0.232 e. The Morgan fingerprint density at radius 1 is 1.53 bits per heavy atom. The summed E-state index contributed by atoms with van der Waals surface area (Å²) in [6.45, 7) is 2.92. The average Bonchev–Trinajstić information content (AvgIpc) is 2.68. The zero-order valence-corrected chi connectivity index (χ0v) is 9.87. The highest BCUT2D eigenvalue weighted by Crippen LogP contribution is 2.20. The quantitative estimate of drug-likeness (QED) is 0.818. The van der Waals surface area contributed by atoms with E-state index in [1.807, 2.05) is 0 Å². The molecule has 17 heavy (non-hydrogen) atoms. The summed E-state index contributed by atoms with van der Waals surface area (Å²) in [4.78, 5) is 23.0. The molecule has 1 N–H and O–H groups in total. The molecule has 0 aliphatic rings. The van der Waals surface area contributed by atoms with E-state index >= 15 is 0 Å². The van der Waals surface area contributed by atoms with Crippen molar-refractivity contribution < 1.29 is 9.21 Å². The van der Waals surface area contributed by atoms with E-state index in [-0.39, 0.29) is 22.7 Å². The van der Waals surface area contributed by atoms with E-state index in [1.54, 1.807) is 6.92 Å². The van der Waals surface area contributed by atoms with Crippen molar-refractivity contribution in [3.05, 3.63) is 27.6 Å². The number of aryl methyl sites for hydroxylation is 1. The summed E-state index contributed by atoms with van der Waals surface area (Å²) in [6.07, 6.45) is 0. The van der Waals surface area contributed by atoms with Gasteiger partial charge in [-0.3, -0.25) is 14.9 Å². The van der Waals surface area contributed by atoms with Crippen molar-refractivity contribution >= 4 is 28.3 Å². The Kier molecular flexibility index (Phi) is 2.96. The summed E-state index contributed by atoms with van der Waals surface area (Å²) in [5.74, 6) is 0.0970. The molecule has 2 heterocycles. The molecule has 0 aliphatic heterocycles. The number of hydrogen-bond donors (Lipinski definition) is 1. The monoisotopic (exact) mass is 252 g/mol. The normalized spacial score (nSPS) is 10.2. The number of ketones is 1. The van der Waals surface area contributed by atoms with E-state index in [2.05, 4.69) is 20.1 Å². The number of anilines is 2. The minimum Gasteiger partial charge on any atom is -0.445 e. The molecule has 0 fully saturated rings. The third-order valence-electron chi connectivity index (χ3n) is 1.94. The van der Waals surface area contributed by atoms with Gasteiger partial charge in [-0.25, -0.2) is 0 Å². The van der Waals surface area contributed by atoms with Gasteiger partial charge < -0.3 is 4.42 Å². The molecule has 8 heteroatoms. The van der Waals surface area contributed by atoms with Crippen LogP contribution in [0.1, 0.15) is 23.0 Å². The standard InChI is InChI=1S/C9H8N4O3S/c1-4-3-6(15)7(5(2)14)8(16-4)10-9-11-12-13-17-9/h3H,1-2H3,(H,10,11,13). The average molecular weight is 252 g/mol. The van der Waals surface area contributed by atoms with Gasteiger partial charge in [0.2, 0.25) is 11.0 Å². The van der Waals surface area contributed by atoms with Gasteiger partial charge in [0.25, 0.3) is 0 Å². The van der Waals surface area contributed by atoms with Gasteiger partial charge in [0.1, 0.15) is 11.3 Å². The number of hydrogen-bond acceptors (Lipinski definition) is 8. The third-order valence-corrected chi connectivity index (χ3v) is 2.45. The molecule has 0 bridgehead atoms. The first-order chi connectivity index (χ1) is 8.08. The van der Waals surface area contributed by atoms with E-state index in [9.17, 15) is 9.59 Å². The number of nitrogens with zero attached hydrogens (tertiary/aromatic N) is 3. The molecule has 88 valence electrons. The van der Waals surface area contributed by atoms with Gasteiger partial charge in [0, 0.05) is 17.6 Å². The van der Waals surface area contributed by atoms with Gasteiger partial charge in [-0.15, -0.1) is 0 Å². The van der Waals surface area contributed by atoms with Crippen LogP contribution in [0.25, 0.3) is 0 Å². The molecule has 0 saturated carbocycles. The largest absolute Gasteiger partial charge is 0.445 e. The summed E-state index contributed by atoms with van der Waals surface area (Å²) in [7, 11) is 0. The second-order valence-electron chi connectivity index (χ2n) is 3.27. The lowest BCUT2D eigenvalue weighted by molar-refractivity contribution is 0.101. The first kappa shape index (κ1) is 11.4.